The minimum absolute atomic E-state index is 0.111. The third-order valence-electron chi connectivity index (χ3n) is 6.03. The molecule has 1 aliphatic heterocycles. The fourth-order valence-electron chi connectivity index (χ4n) is 3.97. The summed E-state index contributed by atoms with van der Waals surface area (Å²) in [5, 5.41) is 11.8. The van der Waals surface area contributed by atoms with Gasteiger partial charge in [-0.15, -0.1) is 0 Å². The highest BCUT2D eigenvalue weighted by molar-refractivity contribution is 7.99. The molecule has 1 aliphatic rings. The van der Waals surface area contributed by atoms with E-state index >= 15 is 0 Å². The molecule has 0 radical (unpaired) electrons. The van der Waals surface area contributed by atoms with Crippen molar-refractivity contribution in [2.24, 2.45) is 0 Å². The Bertz CT molecular complexity index is 1480. The van der Waals surface area contributed by atoms with Crippen LogP contribution in [0.15, 0.2) is 70.8 Å². The van der Waals surface area contributed by atoms with Gasteiger partial charge in [-0.05, 0) is 47.0 Å². The SMILES string of the molecule is COc1ccc(CSc2nc(SCc3ccc(OC)cc3)n(Cc3cc4c(cc3Cl)OCO4)c2C(=O)O)cc1. The first kappa shape index (κ1) is 27.1. The Hall–Kier alpha value is -3.47. The van der Waals surface area contributed by atoms with Crippen LogP contribution in [0.3, 0.4) is 0 Å². The second kappa shape index (κ2) is 12.1. The first-order valence-corrected chi connectivity index (χ1v) is 14.2. The summed E-state index contributed by atoms with van der Waals surface area (Å²) in [7, 11) is 3.24. The number of rotatable bonds is 11. The maximum absolute atomic E-state index is 12.6. The van der Waals surface area contributed by atoms with E-state index < -0.39 is 5.97 Å². The summed E-state index contributed by atoms with van der Waals surface area (Å²) in [6.45, 7) is 0.327. The van der Waals surface area contributed by atoms with E-state index in [1.165, 1.54) is 23.5 Å². The van der Waals surface area contributed by atoms with Gasteiger partial charge in [-0.25, -0.2) is 9.78 Å². The van der Waals surface area contributed by atoms with Gasteiger partial charge in [-0.3, -0.25) is 0 Å². The number of aromatic carboxylic acids is 1. The van der Waals surface area contributed by atoms with Crippen LogP contribution < -0.4 is 18.9 Å². The van der Waals surface area contributed by atoms with Crippen molar-refractivity contribution >= 4 is 41.1 Å². The maximum atomic E-state index is 12.6. The molecule has 0 saturated carbocycles. The number of carboxylic acid groups (broad SMARTS) is 1. The van der Waals surface area contributed by atoms with Gasteiger partial charge in [0.25, 0.3) is 0 Å². The second-order valence-corrected chi connectivity index (χ2v) is 10.8. The van der Waals surface area contributed by atoms with E-state index in [1.54, 1.807) is 30.9 Å². The monoisotopic (exact) mass is 584 g/mol. The van der Waals surface area contributed by atoms with Crippen molar-refractivity contribution < 1.29 is 28.8 Å². The highest BCUT2D eigenvalue weighted by Crippen LogP contribution is 2.39. The molecule has 0 saturated heterocycles. The standard InChI is InChI=1S/C28H25ClN2O6S2/c1-34-20-7-3-17(4-8-20)14-38-26-25(27(32)33)31(13-19-11-23-24(12-22(19)29)37-16-36-23)28(30-26)39-15-18-5-9-21(35-2)10-6-18/h3-12H,13-16H2,1-2H3,(H,32,33). The Morgan fingerprint density at radius 3 is 2.08 bits per heavy atom. The Morgan fingerprint density at radius 2 is 1.51 bits per heavy atom. The molecule has 0 amide bonds. The third kappa shape index (κ3) is 6.24. The molecule has 0 bridgehead atoms. The van der Waals surface area contributed by atoms with Gasteiger partial charge >= 0.3 is 5.97 Å². The summed E-state index contributed by atoms with van der Waals surface area (Å²) in [5.41, 5.74) is 2.90. The quantitative estimate of drug-likeness (QED) is 0.195. The molecule has 2 heterocycles. The first-order valence-electron chi connectivity index (χ1n) is 11.9. The summed E-state index contributed by atoms with van der Waals surface area (Å²) >= 11 is 9.40. The molecular formula is C28H25ClN2O6S2. The molecule has 1 aromatic heterocycles. The van der Waals surface area contributed by atoms with Crippen molar-refractivity contribution in [3.8, 4) is 23.0 Å². The van der Waals surface area contributed by atoms with Crippen molar-refractivity contribution in [1.29, 1.82) is 0 Å². The molecule has 202 valence electrons. The summed E-state index contributed by atoms with van der Waals surface area (Å²) in [6, 6.07) is 18.9. The molecule has 1 N–H and O–H groups in total. The van der Waals surface area contributed by atoms with Crippen LogP contribution in [0.2, 0.25) is 5.02 Å². The van der Waals surface area contributed by atoms with Crippen molar-refractivity contribution in [2.75, 3.05) is 21.0 Å². The van der Waals surface area contributed by atoms with Crippen LogP contribution in [0.5, 0.6) is 23.0 Å². The lowest BCUT2D eigenvalue weighted by atomic mass is 10.2. The molecule has 11 heteroatoms. The maximum Gasteiger partial charge on any atom is 0.355 e. The molecule has 39 heavy (non-hydrogen) atoms. The van der Waals surface area contributed by atoms with Crippen molar-refractivity contribution in [3.05, 3.63) is 88.1 Å². The fraction of sp³-hybridized carbons (Fsp3) is 0.214. The Balaban J connectivity index is 1.47. The van der Waals surface area contributed by atoms with Crippen LogP contribution >= 0.6 is 35.1 Å². The van der Waals surface area contributed by atoms with Gasteiger partial charge in [0.15, 0.2) is 22.3 Å². The zero-order valence-corrected chi connectivity index (χ0v) is 23.6. The van der Waals surface area contributed by atoms with Crippen LogP contribution in [0, 0.1) is 0 Å². The van der Waals surface area contributed by atoms with Crippen LogP contribution in [0.1, 0.15) is 27.2 Å². The largest absolute Gasteiger partial charge is 0.497 e. The number of carbonyl (C=O) groups is 1. The fourth-order valence-corrected chi connectivity index (χ4v) is 6.18. The average Bonchev–Trinajstić information content (AvgIpc) is 3.55. The summed E-state index contributed by atoms with van der Waals surface area (Å²) in [5.74, 6) is 2.76. The lowest BCUT2D eigenvalue weighted by Gasteiger charge is -2.12. The smallest absolute Gasteiger partial charge is 0.355 e. The molecule has 4 aromatic rings. The van der Waals surface area contributed by atoms with Gasteiger partial charge in [0, 0.05) is 22.6 Å². The van der Waals surface area contributed by atoms with Crippen molar-refractivity contribution in [1.82, 2.24) is 9.55 Å². The highest BCUT2D eigenvalue weighted by atomic mass is 35.5. The number of methoxy groups -OCH3 is 2. The van der Waals surface area contributed by atoms with E-state index in [1.807, 2.05) is 48.5 Å². The van der Waals surface area contributed by atoms with Crippen molar-refractivity contribution in [2.45, 2.75) is 28.2 Å². The van der Waals surface area contributed by atoms with Gasteiger partial charge in [0.2, 0.25) is 6.79 Å². The summed E-state index contributed by atoms with van der Waals surface area (Å²) in [4.78, 5) is 17.4. The van der Waals surface area contributed by atoms with E-state index in [0.29, 0.717) is 43.8 Å². The molecule has 0 aliphatic carbocycles. The number of benzene rings is 3. The molecule has 0 fully saturated rings. The van der Waals surface area contributed by atoms with Gasteiger partial charge < -0.3 is 28.6 Å². The van der Waals surface area contributed by atoms with E-state index in [0.717, 1.165) is 22.6 Å². The van der Waals surface area contributed by atoms with Crippen LogP contribution in [0.4, 0.5) is 0 Å². The number of fused-ring (bicyclic) bond motifs is 1. The number of nitrogens with zero attached hydrogens (tertiary/aromatic N) is 2. The number of imidazole rings is 1. The lowest BCUT2D eigenvalue weighted by molar-refractivity contribution is 0.0680. The Morgan fingerprint density at radius 1 is 0.949 bits per heavy atom. The first-order chi connectivity index (χ1) is 18.9. The van der Waals surface area contributed by atoms with Gasteiger partial charge in [-0.1, -0.05) is 59.4 Å². The Kier molecular flexibility index (Phi) is 8.44. The molecule has 0 unspecified atom stereocenters. The molecule has 0 spiro atoms. The number of aromatic nitrogens is 2. The number of thioether (sulfide) groups is 2. The summed E-state index contributed by atoms with van der Waals surface area (Å²) < 4.78 is 23.1. The molecule has 3 aromatic carbocycles. The lowest BCUT2D eigenvalue weighted by Crippen LogP contribution is -2.12. The minimum Gasteiger partial charge on any atom is -0.497 e. The van der Waals surface area contributed by atoms with Gasteiger partial charge in [-0.2, -0.15) is 0 Å². The topological polar surface area (TPSA) is 92.0 Å². The highest BCUT2D eigenvalue weighted by Gasteiger charge is 2.25. The van der Waals surface area contributed by atoms with Gasteiger partial charge in [0.05, 0.1) is 20.8 Å². The predicted molar refractivity (Wildman–Crippen MR) is 151 cm³/mol. The van der Waals surface area contributed by atoms with Crippen molar-refractivity contribution in [3.63, 3.8) is 0 Å². The minimum atomic E-state index is -1.06. The zero-order valence-electron chi connectivity index (χ0n) is 21.2. The molecular weight excluding hydrogens is 560 g/mol. The number of carboxylic acids is 1. The third-order valence-corrected chi connectivity index (χ3v) is 8.47. The predicted octanol–water partition coefficient (Wildman–Crippen LogP) is 6.61. The van der Waals surface area contributed by atoms with E-state index in [4.69, 9.17) is 35.5 Å². The van der Waals surface area contributed by atoms with Crippen LogP contribution in [-0.2, 0) is 18.1 Å². The number of halogens is 1. The van der Waals surface area contributed by atoms with E-state index in [-0.39, 0.29) is 19.0 Å². The van der Waals surface area contributed by atoms with Crippen LogP contribution in [0.25, 0.3) is 0 Å². The van der Waals surface area contributed by atoms with Crippen LogP contribution in [-0.4, -0.2) is 41.6 Å². The van der Waals surface area contributed by atoms with E-state index in [9.17, 15) is 9.90 Å². The molecule has 5 rings (SSSR count). The Labute approximate surface area is 239 Å². The average molecular weight is 585 g/mol. The normalized spacial score (nSPS) is 12.0. The summed E-state index contributed by atoms with van der Waals surface area (Å²) in [6.07, 6.45) is 0. The molecule has 0 atom stereocenters. The van der Waals surface area contributed by atoms with E-state index in [2.05, 4.69) is 0 Å². The molecule has 8 nitrogen and oxygen atoms in total. The number of hydrogen-bond donors (Lipinski definition) is 1. The van der Waals surface area contributed by atoms with Gasteiger partial charge in [0.1, 0.15) is 16.5 Å². The number of hydrogen-bond acceptors (Lipinski definition) is 8. The number of ether oxygens (including phenoxy) is 4. The zero-order chi connectivity index (χ0) is 27.4. The second-order valence-electron chi connectivity index (χ2n) is 8.51.